The fraction of sp³-hybridized carbons (Fsp3) is 0.500. The lowest BCUT2D eigenvalue weighted by Gasteiger charge is -2.17. The molecule has 0 aromatic rings. The fourth-order valence-electron chi connectivity index (χ4n) is 1.68. The minimum Gasteiger partial charge on any atom is -0.0770 e. The van der Waals surface area contributed by atoms with E-state index in [1.54, 1.807) is 0 Å². The van der Waals surface area contributed by atoms with Gasteiger partial charge in [-0.2, -0.15) is 0 Å². The van der Waals surface area contributed by atoms with Crippen LogP contribution in [-0.2, 0) is 0 Å². The molecule has 1 atom stereocenters. The Morgan fingerprint density at radius 3 is 2.67 bits per heavy atom. The van der Waals surface area contributed by atoms with Crippen LogP contribution in [0.25, 0.3) is 0 Å². The van der Waals surface area contributed by atoms with Crippen molar-refractivity contribution in [2.45, 2.75) is 33.6 Å². The third-order valence-electron chi connectivity index (χ3n) is 2.31. The zero-order chi connectivity index (χ0) is 8.97. The summed E-state index contributed by atoms with van der Waals surface area (Å²) in [5.41, 5.74) is 2.97. The van der Waals surface area contributed by atoms with Gasteiger partial charge in [0.1, 0.15) is 0 Å². The van der Waals surface area contributed by atoms with Crippen molar-refractivity contribution in [2.75, 3.05) is 0 Å². The van der Waals surface area contributed by atoms with Crippen LogP contribution in [0.3, 0.4) is 0 Å². The first-order valence-corrected chi connectivity index (χ1v) is 4.78. The maximum Gasteiger partial charge on any atom is 0.00203 e. The van der Waals surface area contributed by atoms with Crippen molar-refractivity contribution in [3.8, 4) is 0 Å². The molecule has 66 valence electrons. The van der Waals surface area contributed by atoms with E-state index >= 15 is 0 Å². The monoisotopic (exact) mass is 162 g/mol. The van der Waals surface area contributed by atoms with Crippen LogP contribution in [0.4, 0.5) is 0 Å². The molecule has 0 spiro atoms. The summed E-state index contributed by atoms with van der Waals surface area (Å²) in [5, 5.41) is 0. The van der Waals surface area contributed by atoms with E-state index in [0.717, 1.165) is 0 Å². The lowest BCUT2D eigenvalue weighted by Crippen LogP contribution is -2.02. The van der Waals surface area contributed by atoms with Crippen LogP contribution >= 0.6 is 0 Å². The molecule has 0 saturated heterocycles. The van der Waals surface area contributed by atoms with Crippen LogP contribution in [0.2, 0.25) is 0 Å². The summed E-state index contributed by atoms with van der Waals surface area (Å²) in [5.74, 6) is 0.671. The normalized spacial score (nSPS) is 21.6. The second kappa shape index (κ2) is 4.30. The Morgan fingerprint density at radius 1 is 1.33 bits per heavy atom. The Labute approximate surface area is 75.7 Å². The summed E-state index contributed by atoms with van der Waals surface area (Å²) in [6.45, 7) is 6.64. The van der Waals surface area contributed by atoms with Crippen LogP contribution in [-0.4, -0.2) is 0 Å². The molecule has 0 saturated carbocycles. The maximum absolute atomic E-state index is 2.31. The van der Waals surface area contributed by atoms with Crippen molar-refractivity contribution in [1.82, 2.24) is 0 Å². The van der Waals surface area contributed by atoms with Gasteiger partial charge >= 0.3 is 0 Å². The van der Waals surface area contributed by atoms with Gasteiger partial charge in [0, 0.05) is 5.92 Å². The van der Waals surface area contributed by atoms with Crippen LogP contribution in [0.1, 0.15) is 33.6 Å². The molecule has 0 aliphatic heterocycles. The summed E-state index contributed by atoms with van der Waals surface area (Å²) >= 11 is 0. The Balaban J connectivity index is 2.78. The molecule has 1 aliphatic rings. The third kappa shape index (κ3) is 2.10. The third-order valence-corrected chi connectivity index (χ3v) is 2.31. The molecule has 0 aromatic carbocycles. The predicted octanol–water partition coefficient (Wildman–Crippen LogP) is 3.87. The van der Waals surface area contributed by atoms with E-state index < -0.39 is 0 Å². The molecule has 1 aliphatic carbocycles. The lowest BCUT2D eigenvalue weighted by molar-refractivity contribution is 0.661. The maximum atomic E-state index is 2.31. The van der Waals surface area contributed by atoms with E-state index in [1.807, 2.05) is 0 Å². The van der Waals surface area contributed by atoms with Gasteiger partial charge in [0.15, 0.2) is 0 Å². The SMILES string of the molecule is CCCC1C=CC=CC1=C(C)C. The summed E-state index contributed by atoms with van der Waals surface area (Å²) in [6.07, 6.45) is 11.4. The zero-order valence-electron chi connectivity index (χ0n) is 8.30. The molecule has 1 rings (SSSR count). The Kier molecular flexibility index (Phi) is 3.33. The Hall–Kier alpha value is -0.780. The van der Waals surface area contributed by atoms with E-state index in [2.05, 4.69) is 45.1 Å². The van der Waals surface area contributed by atoms with Crippen molar-refractivity contribution in [2.24, 2.45) is 5.92 Å². The van der Waals surface area contributed by atoms with Gasteiger partial charge in [-0.3, -0.25) is 0 Å². The highest BCUT2D eigenvalue weighted by Gasteiger charge is 2.10. The smallest absolute Gasteiger partial charge is 0.00203 e. The Bertz CT molecular complexity index is 224. The molecule has 12 heavy (non-hydrogen) atoms. The number of hydrogen-bond acceptors (Lipinski definition) is 0. The van der Waals surface area contributed by atoms with Crippen molar-refractivity contribution in [1.29, 1.82) is 0 Å². The van der Waals surface area contributed by atoms with E-state index in [-0.39, 0.29) is 0 Å². The van der Waals surface area contributed by atoms with E-state index in [1.165, 1.54) is 24.0 Å². The number of hydrogen-bond donors (Lipinski definition) is 0. The standard InChI is InChI=1S/C12H18/c1-4-7-11-8-5-6-9-12(11)10(2)3/h5-6,8-9,11H,4,7H2,1-3H3. The van der Waals surface area contributed by atoms with Crippen molar-refractivity contribution in [3.63, 3.8) is 0 Å². The van der Waals surface area contributed by atoms with E-state index in [0.29, 0.717) is 5.92 Å². The minimum atomic E-state index is 0.671. The summed E-state index contributed by atoms with van der Waals surface area (Å²) in [7, 11) is 0. The average molecular weight is 162 g/mol. The molecule has 0 amide bonds. The molecule has 0 heteroatoms. The molecule has 0 fully saturated rings. The first kappa shape index (κ1) is 9.31. The molecule has 0 bridgehead atoms. The molecule has 0 aromatic heterocycles. The number of allylic oxidation sites excluding steroid dienone is 6. The highest BCUT2D eigenvalue weighted by Crippen LogP contribution is 2.25. The second-order valence-electron chi connectivity index (χ2n) is 3.59. The first-order valence-electron chi connectivity index (χ1n) is 4.78. The van der Waals surface area contributed by atoms with Gasteiger partial charge in [-0.1, -0.05) is 43.2 Å². The van der Waals surface area contributed by atoms with Crippen LogP contribution in [0.5, 0.6) is 0 Å². The van der Waals surface area contributed by atoms with Gasteiger partial charge in [-0.15, -0.1) is 0 Å². The number of rotatable bonds is 2. The van der Waals surface area contributed by atoms with Gasteiger partial charge in [-0.25, -0.2) is 0 Å². The highest BCUT2D eigenvalue weighted by atomic mass is 14.2. The van der Waals surface area contributed by atoms with Crippen LogP contribution < -0.4 is 0 Å². The first-order chi connectivity index (χ1) is 5.75. The van der Waals surface area contributed by atoms with Gasteiger partial charge < -0.3 is 0 Å². The largest absolute Gasteiger partial charge is 0.0770 e. The van der Waals surface area contributed by atoms with Gasteiger partial charge in [0.05, 0.1) is 0 Å². The van der Waals surface area contributed by atoms with Crippen molar-refractivity contribution < 1.29 is 0 Å². The van der Waals surface area contributed by atoms with Gasteiger partial charge in [0.2, 0.25) is 0 Å². The summed E-state index contributed by atoms with van der Waals surface area (Å²) in [6, 6.07) is 0. The molecular formula is C12H18. The van der Waals surface area contributed by atoms with E-state index in [9.17, 15) is 0 Å². The van der Waals surface area contributed by atoms with Gasteiger partial charge in [0.25, 0.3) is 0 Å². The fourth-order valence-corrected chi connectivity index (χ4v) is 1.68. The van der Waals surface area contributed by atoms with Crippen LogP contribution in [0, 0.1) is 5.92 Å². The lowest BCUT2D eigenvalue weighted by atomic mass is 9.88. The predicted molar refractivity (Wildman–Crippen MR) is 55.1 cm³/mol. The molecule has 0 radical (unpaired) electrons. The molecule has 1 unspecified atom stereocenters. The summed E-state index contributed by atoms with van der Waals surface area (Å²) < 4.78 is 0. The molecule has 0 N–H and O–H groups in total. The average Bonchev–Trinajstić information content (AvgIpc) is 2.05. The van der Waals surface area contributed by atoms with Gasteiger partial charge in [-0.05, 0) is 25.8 Å². The van der Waals surface area contributed by atoms with Crippen molar-refractivity contribution >= 4 is 0 Å². The molecular weight excluding hydrogens is 144 g/mol. The second-order valence-corrected chi connectivity index (χ2v) is 3.59. The highest BCUT2D eigenvalue weighted by molar-refractivity contribution is 5.35. The molecule has 0 heterocycles. The quantitative estimate of drug-likeness (QED) is 0.578. The van der Waals surface area contributed by atoms with E-state index in [4.69, 9.17) is 0 Å². The van der Waals surface area contributed by atoms with Crippen LogP contribution in [0.15, 0.2) is 35.5 Å². The minimum absolute atomic E-state index is 0.671. The van der Waals surface area contributed by atoms with Crippen molar-refractivity contribution in [3.05, 3.63) is 35.5 Å². The summed E-state index contributed by atoms with van der Waals surface area (Å²) in [4.78, 5) is 0. The molecule has 0 nitrogen and oxygen atoms in total. The zero-order valence-corrected chi connectivity index (χ0v) is 8.30. The topological polar surface area (TPSA) is 0 Å². The Morgan fingerprint density at radius 2 is 2.08 bits per heavy atom.